The number of hydrogen-bond acceptors (Lipinski definition) is 4. The number of nitrogens with two attached hydrogens (primary N) is 1. The molecule has 1 unspecified atom stereocenters. The lowest BCUT2D eigenvalue weighted by atomic mass is 9.75. The normalized spacial score (nSPS) is 19.4. The van der Waals surface area contributed by atoms with Gasteiger partial charge in [-0.05, 0) is 40.4 Å². The number of rotatable bonds is 7. The maximum absolute atomic E-state index is 11.8. The molecule has 0 aliphatic heterocycles. The van der Waals surface area contributed by atoms with E-state index in [1.54, 1.807) is 19.0 Å². The summed E-state index contributed by atoms with van der Waals surface area (Å²) in [5, 5.41) is 0. The zero-order valence-electron chi connectivity index (χ0n) is 13.1. The summed E-state index contributed by atoms with van der Waals surface area (Å²) in [6, 6.07) is 0.132. The minimum atomic E-state index is 0.132. The Kier molecular flexibility index (Phi) is 5.77. The third-order valence-corrected chi connectivity index (χ3v) is 4.58. The van der Waals surface area contributed by atoms with Crippen LogP contribution in [0.4, 0.5) is 0 Å². The van der Waals surface area contributed by atoms with E-state index in [0.717, 1.165) is 6.54 Å². The van der Waals surface area contributed by atoms with Gasteiger partial charge in [-0.2, -0.15) is 0 Å². The molecule has 5 heteroatoms. The first-order chi connectivity index (χ1) is 8.82. The van der Waals surface area contributed by atoms with Crippen LogP contribution in [0.25, 0.3) is 0 Å². The van der Waals surface area contributed by atoms with Gasteiger partial charge in [-0.25, -0.2) is 0 Å². The molecular formula is C14H30N4O. The molecule has 5 nitrogen and oxygen atoms in total. The average Bonchev–Trinajstić information content (AvgIpc) is 2.29. The molecule has 0 heterocycles. The van der Waals surface area contributed by atoms with Gasteiger partial charge in [0.25, 0.3) is 0 Å². The summed E-state index contributed by atoms with van der Waals surface area (Å²) >= 11 is 0. The van der Waals surface area contributed by atoms with E-state index in [0.29, 0.717) is 13.0 Å². The molecule has 1 aliphatic rings. The van der Waals surface area contributed by atoms with E-state index in [1.807, 2.05) is 0 Å². The molecule has 0 bridgehead atoms. The monoisotopic (exact) mass is 270 g/mol. The summed E-state index contributed by atoms with van der Waals surface area (Å²) in [6.45, 7) is 1.52. The Morgan fingerprint density at radius 1 is 1.21 bits per heavy atom. The number of likely N-dealkylation sites (N-methyl/N-ethyl adjacent to an activating group) is 2. The third-order valence-electron chi connectivity index (χ3n) is 4.58. The SMILES string of the molecule is CN(C)C(=O)CC(CN)N(C)CC1(N(C)C)CCC1. The summed E-state index contributed by atoms with van der Waals surface area (Å²) in [5.41, 5.74) is 6.13. The number of carbonyl (C=O) groups is 1. The fraction of sp³-hybridized carbons (Fsp3) is 0.929. The van der Waals surface area contributed by atoms with E-state index in [4.69, 9.17) is 5.73 Å². The van der Waals surface area contributed by atoms with Gasteiger partial charge < -0.3 is 15.5 Å². The second-order valence-corrected chi connectivity index (χ2v) is 6.27. The highest BCUT2D eigenvalue weighted by Gasteiger charge is 2.40. The Morgan fingerprint density at radius 3 is 2.11 bits per heavy atom. The van der Waals surface area contributed by atoms with E-state index in [-0.39, 0.29) is 17.5 Å². The Bertz CT molecular complexity index is 300. The van der Waals surface area contributed by atoms with E-state index in [9.17, 15) is 4.79 Å². The Balaban J connectivity index is 2.58. The van der Waals surface area contributed by atoms with E-state index >= 15 is 0 Å². The molecule has 1 rings (SSSR count). The molecule has 0 saturated heterocycles. The lowest BCUT2D eigenvalue weighted by Gasteiger charge is -2.50. The predicted octanol–water partition coefficient (Wildman–Crippen LogP) is 0.208. The van der Waals surface area contributed by atoms with Crippen LogP contribution in [0.5, 0.6) is 0 Å². The van der Waals surface area contributed by atoms with Crippen molar-refractivity contribution < 1.29 is 4.79 Å². The number of amides is 1. The molecule has 19 heavy (non-hydrogen) atoms. The fourth-order valence-corrected chi connectivity index (χ4v) is 2.73. The van der Waals surface area contributed by atoms with E-state index in [1.165, 1.54) is 19.3 Å². The highest BCUT2D eigenvalue weighted by Crippen LogP contribution is 2.37. The van der Waals surface area contributed by atoms with Gasteiger partial charge in [0.05, 0.1) is 0 Å². The molecule has 112 valence electrons. The van der Waals surface area contributed by atoms with Gasteiger partial charge in [0, 0.05) is 45.2 Å². The molecule has 1 fully saturated rings. The smallest absolute Gasteiger partial charge is 0.223 e. The third kappa shape index (κ3) is 3.91. The number of carbonyl (C=O) groups excluding carboxylic acids is 1. The van der Waals surface area contributed by atoms with Crippen molar-refractivity contribution >= 4 is 5.91 Å². The van der Waals surface area contributed by atoms with Crippen LogP contribution in [0.3, 0.4) is 0 Å². The Hall–Kier alpha value is -0.650. The van der Waals surface area contributed by atoms with Crippen molar-refractivity contribution in [1.82, 2.24) is 14.7 Å². The van der Waals surface area contributed by atoms with Gasteiger partial charge in [-0.1, -0.05) is 0 Å². The maximum Gasteiger partial charge on any atom is 0.223 e. The largest absolute Gasteiger partial charge is 0.349 e. The molecule has 1 atom stereocenters. The van der Waals surface area contributed by atoms with Crippen LogP contribution in [0.1, 0.15) is 25.7 Å². The summed E-state index contributed by atoms with van der Waals surface area (Å²) < 4.78 is 0. The van der Waals surface area contributed by atoms with Crippen LogP contribution in [-0.4, -0.2) is 80.5 Å². The second kappa shape index (κ2) is 6.68. The molecule has 0 radical (unpaired) electrons. The Labute approximate surface area is 117 Å². The van der Waals surface area contributed by atoms with Gasteiger partial charge in [0.1, 0.15) is 0 Å². The lowest BCUT2D eigenvalue weighted by Crippen LogP contribution is -2.59. The van der Waals surface area contributed by atoms with E-state index < -0.39 is 0 Å². The van der Waals surface area contributed by atoms with Crippen molar-refractivity contribution in [3.05, 3.63) is 0 Å². The van der Waals surface area contributed by atoms with Crippen LogP contribution in [-0.2, 0) is 4.79 Å². The fourth-order valence-electron chi connectivity index (χ4n) is 2.73. The zero-order chi connectivity index (χ0) is 14.6. The summed E-state index contributed by atoms with van der Waals surface area (Å²) in [6.07, 6.45) is 4.28. The van der Waals surface area contributed by atoms with Crippen molar-refractivity contribution in [3.8, 4) is 0 Å². The molecule has 1 amide bonds. The van der Waals surface area contributed by atoms with Crippen molar-refractivity contribution in [2.24, 2.45) is 5.73 Å². The highest BCUT2D eigenvalue weighted by atomic mass is 16.2. The first-order valence-electron chi connectivity index (χ1n) is 7.10. The van der Waals surface area contributed by atoms with Crippen LogP contribution in [0, 0.1) is 0 Å². The van der Waals surface area contributed by atoms with Crippen molar-refractivity contribution in [3.63, 3.8) is 0 Å². The first-order valence-corrected chi connectivity index (χ1v) is 7.10. The minimum absolute atomic E-state index is 0.132. The Morgan fingerprint density at radius 2 is 1.79 bits per heavy atom. The maximum atomic E-state index is 11.8. The first kappa shape index (κ1) is 16.4. The molecular weight excluding hydrogens is 240 g/mol. The van der Waals surface area contributed by atoms with Gasteiger partial charge in [-0.15, -0.1) is 0 Å². The van der Waals surface area contributed by atoms with Gasteiger partial charge in [0.15, 0.2) is 0 Å². The molecule has 1 saturated carbocycles. The average molecular weight is 270 g/mol. The van der Waals surface area contributed by atoms with Crippen molar-refractivity contribution in [2.45, 2.75) is 37.3 Å². The van der Waals surface area contributed by atoms with Crippen LogP contribution in [0.15, 0.2) is 0 Å². The minimum Gasteiger partial charge on any atom is -0.349 e. The number of hydrogen-bond donors (Lipinski definition) is 1. The van der Waals surface area contributed by atoms with Crippen molar-refractivity contribution in [2.75, 3.05) is 48.3 Å². The molecule has 0 aromatic heterocycles. The molecule has 0 aromatic carbocycles. The molecule has 0 spiro atoms. The topological polar surface area (TPSA) is 52.8 Å². The van der Waals surface area contributed by atoms with Crippen LogP contribution >= 0.6 is 0 Å². The summed E-state index contributed by atoms with van der Waals surface area (Å²) in [5.74, 6) is 0.148. The second-order valence-electron chi connectivity index (χ2n) is 6.27. The van der Waals surface area contributed by atoms with Crippen LogP contribution < -0.4 is 5.73 Å². The molecule has 1 aliphatic carbocycles. The highest BCUT2D eigenvalue weighted by molar-refractivity contribution is 5.76. The molecule has 2 N–H and O–H groups in total. The van der Waals surface area contributed by atoms with Gasteiger partial charge >= 0.3 is 0 Å². The van der Waals surface area contributed by atoms with E-state index in [2.05, 4.69) is 30.9 Å². The summed E-state index contributed by atoms with van der Waals surface area (Å²) in [7, 11) is 9.97. The standard InChI is InChI=1S/C14H30N4O/c1-16(2)13(19)9-12(10-15)18(5)11-14(17(3)4)7-6-8-14/h12H,6-11,15H2,1-5H3. The van der Waals surface area contributed by atoms with Gasteiger partial charge in [0.2, 0.25) is 5.91 Å². The predicted molar refractivity (Wildman–Crippen MR) is 79.1 cm³/mol. The lowest BCUT2D eigenvalue weighted by molar-refractivity contribution is -0.130. The molecule has 0 aromatic rings. The quantitative estimate of drug-likeness (QED) is 0.718. The number of nitrogens with zero attached hydrogens (tertiary/aromatic N) is 3. The van der Waals surface area contributed by atoms with Crippen molar-refractivity contribution in [1.29, 1.82) is 0 Å². The summed E-state index contributed by atoms with van der Waals surface area (Å²) in [4.78, 5) is 18.1. The van der Waals surface area contributed by atoms with Gasteiger partial charge in [-0.3, -0.25) is 9.69 Å². The zero-order valence-corrected chi connectivity index (χ0v) is 13.1. The van der Waals surface area contributed by atoms with Crippen LogP contribution in [0.2, 0.25) is 0 Å².